The van der Waals surface area contributed by atoms with Crippen molar-refractivity contribution in [2.75, 3.05) is 0 Å². The highest BCUT2D eigenvalue weighted by molar-refractivity contribution is 5.83. The van der Waals surface area contributed by atoms with Gasteiger partial charge in [0, 0.05) is 6.08 Å². The number of hydrogen-bond acceptors (Lipinski definition) is 2. The first kappa shape index (κ1) is 19.9. The number of ether oxygens (including phenoxy) is 1. The van der Waals surface area contributed by atoms with Crippen molar-refractivity contribution < 1.29 is 9.53 Å². The summed E-state index contributed by atoms with van der Waals surface area (Å²) in [5, 5.41) is 0. The van der Waals surface area contributed by atoms with Crippen LogP contribution in [0, 0.1) is 17.8 Å². The Labute approximate surface area is 131 Å². The van der Waals surface area contributed by atoms with E-state index in [0.29, 0.717) is 5.92 Å². The lowest BCUT2D eigenvalue weighted by atomic mass is 9.89. The van der Waals surface area contributed by atoms with Gasteiger partial charge in [0.2, 0.25) is 0 Å². The van der Waals surface area contributed by atoms with Crippen LogP contribution in [0.25, 0.3) is 0 Å². The maximum atomic E-state index is 11.5. The molecule has 0 aromatic heterocycles. The summed E-state index contributed by atoms with van der Waals surface area (Å²) in [7, 11) is 0. The molecule has 2 atom stereocenters. The lowest BCUT2D eigenvalue weighted by Gasteiger charge is -2.17. The second kappa shape index (κ2) is 10.6. The smallest absolute Gasteiger partial charge is 0.331 e. The Morgan fingerprint density at radius 1 is 1.05 bits per heavy atom. The molecule has 0 aliphatic heterocycles. The summed E-state index contributed by atoms with van der Waals surface area (Å²) < 4.78 is 5.09. The molecule has 0 heterocycles. The van der Waals surface area contributed by atoms with Crippen LogP contribution in [0.15, 0.2) is 23.8 Å². The molecule has 122 valence electrons. The van der Waals surface area contributed by atoms with E-state index in [2.05, 4.69) is 33.8 Å². The summed E-state index contributed by atoms with van der Waals surface area (Å²) in [5.41, 5.74) is 0.948. The maximum Gasteiger partial charge on any atom is 0.331 e. The molecule has 0 amide bonds. The number of carbonyl (C=O) groups excluding carboxylic acids is 1. The average Bonchev–Trinajstić information content (AvgIpc) is 2.34. The molecule has 0 N–H and O–H groups in total. The Morgan fingerprint density at radius 2 is 1.67 bits per heavy atom. The van der Waals surface area contributed by atoms with Crippen LogP contribution in [0.5, 0.6) is 0 Å². The summed E-state index contributed by atoms with van der Waals surface area (Å²) in [4.78, 5) is 11.5. The molecule has 0 saturated heterocycles. The van der Waals surface area contributed by atoms with E-state index in [-0.39, 0.29) is 12.1 Å². The third-order valence-electron chi connectivity index (χ3n) is 3.87. The molecule has 0 fully saturated rings. The fourth-order valence-electron chi connectivity index (χ4n) is 1.99. The van der Waals surface area contributed by atoms with E-state index in [9.17, 15) is 4.79 Å². The van der Waals surface area contributed by atoms with Crippen molar-refractivity contribution in [1.82, 2.24) is 0 Å². The molecule has 2 nitrogen and oxygen atoms in total. The van der Waals surface area contributed by atoms with Gasteiger partial charge in [0.25, 0.3) is 0 Å². The van der Waals surface area contributed by atoms with Gasteiger partial charge in [0.15, 0.2) is 0 Å². The molecule has 0 bridgehead atoms. The molecule has 21 heavy (non-hydrogen) atoms. The van der Waals surface area contributed by atoms with Crippen molar-refractivity contribution in [1.29, 1.82) is 0 Å². The predicted octanol–water partition coefficient (Wildman–Crippen LogP) is 5.54. The van der Waals surface area contributed by atoms with Crippen LogP contribution in [-0.4, -0.2) is 12.1 Å². The molecule has 2 unspecified atom stereocenters. The van der Waals surface area contributed by atoms with E-state index in [1.165, 1.54) is 12.8 Å². The van der Waals surface area contributed by atoms with Gasteiger partial charge in [-0.2, -0.15) is 0 Å². The normalized spacial score (nSPS) is 15.8. The highest BCUT2D eigenvalue weighted by Gasteiger charge is 2.09. The van der Waals surface area contributed by atoms with Gasteiger partial charge in [-0.1, -0.05) is 52.7 Å². The molecule has 0 aromatic carbocycles. The number of esters is 1. The van der Waals surface area contributed by atoms with Crippen LogP contribution >= 0.6 is 0 Å². The van der Waals surface area contributed by atoms with Crippen LogP contribution < -0.4 is 0 Å². The van der Waals surface area contributed by atoms with E-state index >= 15 is 0 Å². The Bertz CT molecular complexity index is 351. The van der Waals surface area contributed by atoms with Gasteiger partial charge < -0.3 is 4.74 Å². The van der Waals surface area contributed by atoms with Gasteiger partial charge in [-0.15, -0.1) is 0 Å². The minimum Gasteiger partial charge on any atom is -0.460 e. The largest absolute Gasteiger partial charge is 0.460 e. The molecule has 0 aliphatic carbocycles. The molecule has 2 heteroatoms. The highest BCUT2D eigenvalue weighted by atomic mass is 16.5. The van der Waals surface area contributed by atoms with E-state index < -0.39 is 0 Å². The Morgan fingerprint density at radius 3 is 2.19 bits per heavy atom. The first-order valence-electron chi connectivity index (χ1n) is 8.27. The second-order valence-electron chi connectivity index (χ2n) is 6.92. The van der Waals surface area contributed by atoms with Crippen LogP contribution in [0.2, 0.25) is 0 Å². The monoisotopic (exact) mass is 294 g/mol. The van der Waals surface area contributed by atoms with E-state index in [0.717, 1.165) is 23.8 Å². The summed E-state index contributed by atoms with van der Waals surface area (Å²) in [6.45, 7) is 14.9. The summed E-state index contributed by atoms with van der Waals surface area (Å²) in [6.07, 6.45) is 9.30. The van der Waals surface area contributed by atoms with Gasteiger partial charge in [0.05, 0.1) is 6.10 Å². The topological polar surface area (TPSA) is 26.3 Å². The third kappa shape index (κ3) is 11.3. The van der Waals surface area contributed by atoms with Gasteiger partial charge in [0.1, 0.15) is 0 Å². The Hall–Kier alpha value is -1.05. The summed E-state index contributed by atoms with van der Waals surface area (Å²) >= 11 is 0. The third-order valence-corrected chi connectivity index (χ3v) is 3.87. The van der Waals surface area contributed by atoms with Crippen molar-refractivity contribution in [3.8, 4) is 0 Å². The van der Waals surface area contributed by atoms with E-state index in [1.54, 1.807) is 6.08 Å². The molecule has 0 saturated carbocycles. The highest BCUT2D eigenvalue weighted by Crippen LogP contribution is 2.21. The van der Waals surface area contributed by atoms with Crippen molar-refractivity contribution in [2.24, 2.45) is 17.8 Å². The van der Waals surface area contributed by atoms with E-state index in [4.69, 9.17) is 4.74 Å². The SMILES string of the molecule is CC(/C=C/CC(C)CCC(C)C(C)C)=C\C(=O)OC(C)C. The molecule has 0 spiro atoms. The van der Waals surface area contributed by atoms with Crippen LogP contribution in [0.3, 0.4) is 0 Å². The van der Waals surface area contributed by atoms with Crippen molar-refractivity contribution >= 4 is 5.97 Å². The lowest BCUT2D eigenvalue weighted by Crippen LogP contribution is -2.08. The molecular weight excluding hydrogens is 260 g/mol. The zero-order valence-corrected chi connectivity index (χ0v) is 15.0. The standard InChI is InChI=1S/C19H34O2/c1-14(2)18(7)12-11-16(5)9-8-10-17(6)13-19(20)21-15(3)4/h8,10,13-16,18H,9,11-12H2,1-7H3/b10-8+,17-13+. The fourth-order valence-corrected chi connectivity index (χ4v) is 1.99. The van der Waals surface area contributed by atoms with Crippen molar-refractivity contribution in [3.05, 3.63) is 23.8 Å². The summed E-state index contributed by atoms with van der Waals surface area (Å²) in [6, 6.07) is 0. The van der Waals surface area contributed by atoms with Gasteiger partial charge in [-0.25, -0.2) is 4.79 Å². The Balaban J connectivity index is 4.08. The Kier molecular flexibility index (Phi) is 10.1. The minimum atomic E-state index is -0.258. The van der Waals surface area contributed by atoms with Crippen LogP contribution in [0.4, 0.5) is 0 Å². The first-order chi connectivity index (χ1) is 9.72. The van der Waals surface area contributed by atoms with Crippen molar-refractivity contribution in [3.63, 3.8) is 0 Å². The molecule has 0 rings (SSSR count). The molecular formula is C19H34O2. The van der Waals surface area contributed by atoms with Crippen LogP contribution in [0.1, 0.15) is 67.7 Å². The number of rotatable bonds is 9. The quantitative estimate of drug-likeness (QED) is 0.317. The number of hydrogen-bond donors (Lipinski definition) is 0. The summed E-state index contributed by atoms with van der Waals surface area (Å²) in [5.74, 6) is 2.00. The second-order valence-corrected chi connectivity index (χ2v) is 6.92. The number of carbonyl (C=O) groups is 1. The van der Waals surface area contributed by atoms with Gasteiger partial charge in [-0.05, 0) is 50.5 Å². The lowest BCUT2D eigenvalue weighted by molar-refractivity contribution is -0.141. The first-order valence-corrected chi connectivity index (χ1v) is 8.27. The minimum absolute atomic E-state index is 0.0616. The molecule has 0 aliphatic rings. The fraction of sp³-hybridized carbons (Fsp3) is 0.737. The molecule has 0 aromatic rings. The zero-order valence-electron chi connectivity index (χ0n) is 15.0. The van der Waals surface area contributed by atoms with Crippen molar-refractivity contribution in [2.45, 2.75) is 73.8 Å². The average molecular weight is 294 g/mol. The van der Waals surface area contributed by atoms with E-state index in [1.807, 2.05) is 26.8 Å². The molecule has 0 radical (unpaired) electrons. The zero-order chi connectivity index (χ0) is 16.4. The van der Waals surface area contributed by atoms with Crippen LogP contribution in [-0.2, 0) is 9.53 Å². The number of allylic oxidation sites excluding steroid dienone is 3. The van der Waals surface area contributed by atoms with Gasteiger partial charge >= 0.3 is 5.97 Å². The maximum absolute atomic E-state index is 11.5. The predicted molar refractivity (Wildman–Crippen MR) is 91.1 cm³/mol. The van der Waals surface area contributed by atoms with Gasteiger partial charge in [-0.3, -0.25) is 0 Å².